The first-order valence-electron chi connectivity index (χ1n) is 9.33. The second-order valence-corrected chi connectivity index (χ2v) is 6.60. The van der Waals surface area contributed by atoms with Crippen LogP contribution in [0, 0.1) is 5.82 Å². The number of alkyl halides is 3. The summed E-state index contributed by atoms with van der Waals surface area (Å²) in [6.07, 6.45) is 1.51. The molecule has 1 amide bonds. The van der Waals surface area contributed by atoms with Crippen molar-refractivity contribution >= 4 is 5.91 Å². The number of amides is 1. The van der Waals surface area contributed by atoms with E-state index in [0.29, 0.717) is 6.20 Å². The van der Waals surface area contributed by atoms with Crippen LogP contribution in [0.2, 0.25) is 0 Å². The number of likely N-dealkylation sites (N-methyl/N-ethyl adjacent to an activating group) is 1. The van der Waals surface area contributed by atoms with Gasteiger partial charge in [-0.3, -0.25) is 9.78 Å². The highest BCUT2D eigenvalue weighted by atomic mass is 19.4. The minimum Gasteiger partial charge on any atom is -0.475 e. The SMILES string of the molecule is CCN(C(=O)c1c(F)cncc1-n1cccn1)[C@@H](C)COc1ccc(C(F)(F)F)cn1. The fourth-order valence-corrected chi connectivity index (χ4v) is 2.95. The third-order valence-electron chi connectivity index (χ3n) is 4.51. The minimum atomic E-state index is -4.49. The standard InChI is InChI=1S/C20H19F4N5O2/c1-3-28(13(2)12-31-17-6-5-14(9-26-17)20(22,23)24)19(30)18-15(21)10-25-11-16(18)29-8-4-7-27-29/h4-11,13H,3,12H2,1-2H3/t13-/m0/s1. The molecule has 0 aliphatic carbocycles. The molecule has 1 atom stereocenters. The van der Waals surface area contributed by atoms with Crippen molar-refractivity contribution in [3.63, 3.8) is 0 Å². The Morgan fingerprint density at radius 1 is 1.26 bits per heavy atom. The summed E-state index contributed by atoms with van der Waals surface area (Å²) >= 11 is 0. The van der Waals surface area contributed by atoms with E-state index in [0.717, 1.165) is 18.3 Å². The van der Waals surface area contributed by atoms with Gasteiger partial charge in [-0.2, -0.15) is 18.3 Å². The summed E-state index contributed by atoms with van der Waals surface area (Å²) in [5.74, 6) is -1.41. The van der Waals surface area contributed by atoms with Crippen LogP contribution in [0.5, 0.6) is 5.88 Å². The van der Waals surface area contributed by atoms with Crippen molar-refractivity contribution in [3.8, 4) is 11.6 Å². The van der Waals surface area contributed by atoms with E-state index in [-0.39, 0.29) is 30.3 Å². The van der Waals surface area contributed by atoms with Crippen molar-refractivity contribution in [3.05, 3.63) is 66.1 Å². The molecule has 0 unspecified atom stereocenters. The van der Waals surface area contributed by atoms with Crippen molar-refractivity contribution in [1.29, 1.82) is 0 Å². The molecular formula is C20H19F4N5O2. The first kappa shape index (κ1) is 22.2. The monoisotopic (exact) mass is 437 g/mol. The molecule has 0 N–H and O–H groups in total. The molecule has 0 aliphatic heterocycles. The van der Waals surface area contributed by atoms with Gasteiger partial charge in [0, 0.05) is 31.2 Å². The van der Waals surface area contributed by atoms with Gasteiger partial charge in [0.15, 0.2) is 5.82 Å². The summed E-state index contributed by atoms with van der Waals surface area (Å²) in [4.78, 5) is 22.0. The fourth-order valence-electron chi connectivity index (χ4n) is 2.95. The van der Waals surface area contributed by atoms with E-state index in [9.17, 15) is 22.4 Å². The number of pyridine rings is 2. The number of aromatic nitrogens is 4. The van der Waals surface area contributed by atoms with Gasteiger partial charge in [-0.05, 0) is 26.0 Å². The van der Waals surface area contributed by atoms with Gasteiger partial charge in [-0.25, -0.2) is 14.1 Å². The maximum absolute atomic E-state index is 14.6. The summed E-state index contributed by atoms with van der Waals surface area (Å²) in [5, 5.41) is 4.03. The summed E-state index contributed by atoms with van der Waals surface area (Å²) in [6, 6.07) is 3.06. The molecule has 164 valence electrons. The van der Waals surface area contributed by atoms with Gasteiger partial charge in [0.1, 0.15) is 12.2 Å². The van der Waals surface area contributed by atoms with Crippen LogP contribution in [0.25, 0.3) is 5.69 Å². The van der Waals surface area contributed by atoms with Crippen LogP contribution in [-0.2, 0) is 6.18 Å². The number of hydrogen-bond acceptors (Lipinski definition) is 5. The second kappa shape index (κ2) is 9.11. The van der Waals surface area contributed by atoms with Crippen LogP contribution in [0.1, 0.15) is 29.8 Å². The maximum atomic E-state index is 14.6. The first-order valence-corrected chi connectivity index (χ1v) is 9.33. The summed E-state index contributed by atoms with van der Waals surface area (Å²) in [5.41, 5.74) is -0.899. The zero-order valence-corrected chi connectivity index (χ0v) is 16.7. The highest BCUT2D eigenvalue weighted by molar-refractivity contribution is 5.98. The van der Waals surface area contributed by atoms with E-state index in [1.807, 2.05) is 0 Å². The molecule has 0 aromatic carbocycles. The number of ether oxygens (including phenoxy) is 1. The topological polar surface area (TPSA) is 73.1 Å². The lowest BCUT2D eigenvalue weighted by atomic mass is 10.1. The summed E-state index contributed by atoms with van der Waals surface area (Å²) < 4.78 is 59.2. The molecule has 3 heterocycles. The van der Waals surface area contributed by atoms with E-state index in [1.165, 1.54) is 22.0 Å². The molecule has 7 nitrogen and oxygen atoms in total. The first-order chi connectivity index (χ1) is 14.7. The lowest BCUT2D eigenvalue weighted by Crippen LogP contribution is -2.42. The van der Waals surface area contributed by atoms with Gasteiger partial charge in [0.05, 0.1) is 29.7 Å². The molecule has 0 bridgehead atoms. The van der Waals surface area contributed by atoms with E-state index < -0.39 is 29.5 Å². The number of rotatable bonds is 7. The normalized spacial score (nSPS) is 12.5. The average molecular weight is 437 g/mol. The summed E-state index contributed by atoms with van der Waals surface area (Å²) in [6.45, 7) is 3.58. The Labute approximate surface area is 175 Å². The van der Waals surface area contributed by atoms with E-state index in [1.54, 1.807) is 26.1 Å². The van der Waals surface area contributed by atoms with E-state index in [4.69, 9.17) is 4.74 Å². The molecule has 0 saturated heterocycles. The average Bonchev–Trinajstić information content (AvgIpc) is 3.27. The van der Waals surface area contributed by atoms with E-state index in [2.05, 4.69) is 15.1 Å². The molecule has 0 aliphatic rings. The smallest absolute Gasteiger partial charge is 0.417 e. The van der Waals surface area contributed by atoms with Crippen LogP contribution >= 0.6 is 0 Å². The van der Waals surface area contributed by atoms with Crippen LogP contribution in [-0.4, -0.2) is 49.7 Å². The molecule has 0 radical (unpaired) electrons. The van der Waals surface area contributed by atoms with Gasteiger partial charge in [0.2, 0.25) is 5.88 Å². The largest absolute Gasteiger partial charge is 0.475 e. The predicted octanol–water partition coefficient (Wildman–Crippen LogP) is 3.75. The Morgan fingerprint density at radius 2 is 2.03 bits per heavy atom. The van der Waals surface area contributed by atoms with Crippen LogP contribution in [0.4, 0.5) is 17.6 Å². The quantitative estimate of drug-likeness (QED) is 0.527. The van der Waals surface area contributed by atoms with Crippen molar-refractivity contribution in [2.45, 2.75) is 26.1 Å². The lowest BCUT2D eigenvalue weighted by Gasteiger charge is -2.28. The Hall–Kier alpha value is -3.50. The summed E-state index contributed by atoms with van der Waals surface area (Å²) in [7, 11) is 0. The fraction of sp³-hybridized carbons (Fsp3) is 0.300. The van der Waals surface area contributed by atoms with Crippen LogP contribution in [0.3, 0.4) is 0 Å². The number of halogens is 4. The Kier molecular flexibility index (Phi) is 6.52. The third kappa shape index (κ3) is 4.98. The van der Waals surface area contributed by atoms with Gasteiger partial charge < -0.3 is 9.64 Å². The maximum Gasteiger partial charge on any atom is 0.417 e. The van der Waals surface area contributed by atoms with Crippen molar-refractivity contribution in [1.82, 2.24) is 24.6 Å². The minimum absolute atomic E-state index is 0.0179. The van der Waals surface area contributed by atoms with Gasteiger partial charge in [-0.15, -0.1) is 0 Å². The van der Waals surface area contributed by atoms with Crippen LogP contribution in [0.15, 0.2) is 49.2 Å². The lowest BCUT2D eigenvalue weighted by molar-refractivity contribution is -0.137. The molecular weight excluding hydrogens is 418 g/mol. The second-order valence-electron chi connectivity index (χ2n) is 6.60. The molecule has 11 heteroatoms. The number of nitrogens with zero attached hydrogens (tertiary/aromatic N) is 5. The molecule has 0 spiro atoms. The molecule has 0 saturated carbocycles. The Balaban J connectivity index is 1.76. The van der Waals surface area contributed by atoms with Crippen LogP contribution < -0.4 is 4.74 Å². The molecule has 3 rings (SSSR count). The zero-order chi connectivity index (χ0) is 22.6. The van der Waals surface area contributed by atoms with Gasteiger partial charge >= 0.3 is 6.18 Å². The molecule has 0 fully saturated rings. The highest BCUT2D eigenvalue weighted by Crippen LogP contribution is 2.29. The molecule has 3 aromatic rings. The Morgan fingerprint density at radius 3 is 2.61 bits per heavy atom. The molecule has 3 aromatic heterocycles. The Bertz CT molecular complexity index is 1020. The predicted molar refractivity (Wildman–Crippen MR) is 102 cm³/mol. The number of carbonyl (C=O) groups is 1. The molecule has 31 heavy (non-hydrogen) atoms. The van der Waals surface area contributed by atoms with Crippen molar-refractivity contribution in [2.24, 2.45) is 0 Å². The van der Waals surface area contributed by atoms with Gasteiger partial charge in [0.25, 0.3) is 5.91 Å². The van der Waals surface area contributed by atoms with Crippen molar-refractivity contribution in [2.75, 3.05) is 13.2 Å². The zero-order valence-electron chi connectivity index (χ0n) is 16.7. The number of hydrogen-bond donors (Lipinski definition) is 0. The van der Waals surface area contributed by atoms with E-state index >= 15 is 0 Å². The van der Waals surface area contributed by atoms with Gasteiger partial charge in [-0.1, -0.05) is 0 Å². The highest BCUT2D eigenvalue weighted by Gasteiger charge is 2.31. The van der Waals surface area contributed by atoms with Crippen molar-refractivity contribution < 1.29 is 27.1 Å². The number of carbonyl (C=O) groups excluding carboxylic acids is 1. The third-order valence-corrected chi connectivity index (χ3v) is 4.51.